The van der Waals surface area contributed by atoms with Gasteiger partial charge in [0, 0.05) is 6.07 Å². The Morgan fingerprint density at radius 2 is 1.96 bits per heavy atom. The lowest BCUT2D eigenvalue weighted by Gasteiger charge is -2.11. The highest BCUT2D eigenvalue weighted by atomic mass is 16.5. The number of ether oxygens (including phenoxy) is 1. The molecule has 2 heterocycles. The van der Waals surface area contributed by atoms with Crippen LogP contribution in [0.5, 0.6) is 11.6 Å². The molecule has 3 rings (SSSR count). The highest BCUT2D eigenvalue weighted by Crippen LogP contribution is 2.26. The normalized spacial score (nSPS) is 10.4. The number of benzene rings is 1. The van der Waals surface area contributed by atoms with Gasteiger partial charge in [0.1, 0.15) is 29.0 Å². The molecule has 3 aromatic rings. The van der Waals surface area contributed by atoms with Crippen LogP contribution in [-0.2, 0) is 0 Å². The van der Waals surface area contributed by atoms with Gasteiger partial charge in [0.2, 0.25) is 5.88 Å². The van der Waals surface area contributed by atoms with Crippen molar-refractivity contribution in [3.05, 3.63) is 53.0 Å². The highest BCUT2D eigenvalue weighted by molar-refractivity contribution is 5.51. The minimum absolute atomic E-state index is 0.230. The maximum absolute atomic E-state index is 9.00. The molecule has 1 aromatic carbocycles. The molecule has 0 unspecified atom stereocenters. The molecule has 0 radical (unpaired) electrons. The van der Waals surface area contributed by atoms with Crippen LogP contribution >= 0.6 is 0 Å². The first-order chi connectivity index (χ1) is 11.5. The fraction of sp³-hybridized carbons (Fsp3) is 0.176. The lowest BCUT2D eigenvalue weighted by molar-refractivity contribution is 0.455. The van der Waals surface area contributed by atoms with Crippen LogP contribution < -0.4 is 10.5 Å². The van der Waals surface area contributed by atoms with Gasteiger partial charge in [-0.3, -0.25) is 0 Å². The average molecular weight is 320 g/mol. The van der Waals surface area contributed by atoms with Crippen LogP contribution in [0.3, 0.4) is 0 Å². The topological polar surface area (TPSA) is 103 Å². The first kappa shape index (κ1) is 15.5. The second-order valence-electron chi connectivity index (χ2n) is 5.45. The van der Waals surface area contributed by atoms with E-state index < -0.39 is 0 Å². The van der Waals surface area contributed by atoms with Crippen LogP contribution in [0, 0.1) is 32.1 Å². The SMILES string of the molecule is Cc1ccc(C)c(Oc2cc(-n3ncc(C#N)c3N)nc(C)n2)c1. The van der Waals surface area contributed by atoms with Crippen molar-refractivity contribution < 1.29 is 4.74 Å². The quantitative estimate of drug-likeness (QED) is 0.796. The summed E-state index contributed by atoms with van der Waals surface area (Å²) < 4.78 is 7.30. The molecule has 0 bridgehead atoms. The fourth-order valence-corrected chi connectivity index (χ4v) is 2.24. The second-order valence-corrected chi connectivity index (χ2v) is 5.45. The van der Waals surface area contributed by atoms with Gasteiger partial charge in [-0.05, 0) is 38.0 Å². The van der Waals surface area contributed by atoms with Crippen LogP contribution in [0.4, 0.5) is 5.82 Å². The minimum Gasteiger partial charge on any atom is -0.439 e. The van der Waals surface area contributed by atoms with Gasteiger partial charge in [0.25, 0.3) is 0 Å². The molecule has 0 atom stereocenters. The van der Waals surface area contributed by atoms with E-state index >= 15 is 0 Å². The van der Waals surface area contributed by atoms with E-state index in [0.717, 1.165) is 16.9 Å². The maximum Gasteiger partial charge on any atom is 0.224 e. The van der Waals surface area contributed by atoms with Crippen molar-refractivity contribution >= 4 is 5.82 Å². The van der Waals surface area contributed by atoms with Gasteiger partial charge in [0.15, 0.2) is 5.82 Å². The molecule has 0 aliphatic heterocycles. The summed E-state index contributed by atoms with van der Waals surface area (Å²) in [4.78, 5) is 8.62. The summed E-state index contributed by atoms with van der Waals surface area (Å²) in [6, 6.07) is 9.58. The van der Waals surface area contributed by atoms with Crippen LogP contribution in [0.25, 0.3) is 5.82 Å². The zero-order chi connectivity index (χ0) is 17.3. The van der Waals surface area contributed by atoms with Gasteiger partial charge >= 0.3 is 0 Å². The maximum atomic E-state index is 9.00. The lowest BCUT2D eigenvalue weighted by atomic mass is 10.1. The van der Waals surface area contributed by atoms with Crippen molar-refractivity contribution in [2.24, 2.45) is 0 Å². The van der Waals surface area contributed by atoms with E-state index in [1.54, 1.807) is 13.0 Å². The molecular weight excluding hydrogens is 304 g/mol. The van der Waals surface area contributed by atoms with Crippen molar-refractivity contribution in [1.82, 2.24) is 19.7 Å². The van der Waals surface area contributed by atoms with Crippen molar-refractivity contribution in [3.63, 3.8) is 0 Å². The third-order valence-corrected chi connectivity index (χ3v) is 3.50. The third-order valence-electron chi connectivity index (χ3n) is 3.50. The van der Waals surface area contributed by atoms with E-state index in [1.165, 1.54) is 10.9 Å². The van der Waals surface area contributed by atoms with Gasteiger partial charge in [-0.2, -0.15) is 20.0 Å². The average Bonchev–Trinajstić information content (AvgIpc) is 2.91. The van der Waals surface area contributed by atoms with Crippen molar-refractivity contribution in [2.75, 3.05) is 5.73 Å². The van der Waals surface area contributed by atoms with E-state index in [9.17, 15) is 0 Å². The summed E-state index contributed by atoms with van der Waals surface area (Å²) in [6.07, 6.45) is 1.40. The molecule has 0 spiro atoms. The van der Waals surface area contributed by atoms with Crippen molar-refractivity contribution in [2.45, 2.75) is 20.8 Å². The summed E-state index contributed by atoms with van der Waals surface area (Å²) >= 11 is 0. The number of rotatable bonds is 3. The summed E-state index contributed by atoms with van der Waals surface area (Å²) in [5, 5.41) is 13.1. The number of hydrogen-bond acceptors (Lipinski definition) is 6. The lowest BCUT2D eigenvalue weighted by Crippen LogP contribution is -2.07. The predicted octanol–water partition coefficient (Wildman–Crippen LogP) is 2.83. The van der Waals surface area contributed by atoms with Gasteiger partial charge in [0.05, 0.1) is 6.20 Å². The Labute approximate surface area is 139 Å². The summed E-state index contributed by atoms with van der Waals surface area (Å²) in [6.45, 7) is 5.72. The predicted molar refractivity (Wildman–Crippen MR) is 89.0 cm³/mol. The van der Waals surface area contributed by atoms with Crippen LogP contribution in [0.1, 0.15) is 22.5 Å². The largest absolute Gasteiger partial charge is 0.439 e. The molecular formula is C17H16N6O. The molecule has 0 amide bonds. The van der Waals surface area contributed by atoms with Gasteiger partial charge in [-0.25, -0.2) is 4.98 Å². The van der Waals surface area contributed by atoms with Crippen molar-refractivity contribution in [3.8, 4) is 23.5 Å². The Hall–Kier alpha value is -3.40. The summed E-state index contributed by atoms with van der Waals surface area (Å²) in [7, 11) is 0. The molecule has 7 heteroatoms. The molecule has 2 N–H and O–H groups in total. The molecule has 120 valence electrons. The summed E-state index contributed by atoms with van der Waals surface area (Å²) in [5.41, 5.74) is 8.31. The number of anilines is 1. The van der Waals surface area contributed by atoms with Gasteiger partial charge < -0.3 is 10.5 Å². The monoisotopic (exact) mass is 320 g/mol. The summed E-state index contributed by atoms with van der Waals surface area (Å²) in [5.74, 6) is 2.31. The molecule has 24 heavy (non-hydrogen) atoms. The molecule has 2 aromatic heterocycles. The number of nitrogens with two attached hydrogens (primary N) is 1. The van der Waals surface area contributed by atoms with Gasteiger partial charge in [-0.1, -0.05) is 12.1 Å². The minimum atomic E-state index is 0.230. The number of aryl methyl sites for hydroxylation is 3. The molecule has 7 nitrogen and oxygen atoms in total. The number of nitrogens with zero attached hydrogens (tertiary/aromatic N) is 5. The van der Waals surface area contributed by atoms with E-state index in [4.69, 9.17) is 15.7 Å². The first-order valence-corrected chi connectivity index (χ1v) is 7.32. The first-order valence-electron chi connectivity index (χ1n) is 7.32. The number of nitriles is 1. The highest BCUT2D eigenvalue weighted by Gasteiger charge is 2.13. The Morgan fingerprint density at radius 1 is 1.17 bits per heavy atom. The Bertz CT molecular complexity index is 954. The molecule has 0 saturated heterocycles. The molecule has 0 saturated carbocycles. The van der Waals surface area contributed by atoms with Crippen LogP contribution in [-0.4, -0.2) is 19.7 Å². The van der Waals surface area contributed by atoms with E-state index in [0.29, 0.717) is 23.1 Å². The Balaban J connectivity index is 2.02. The number of aromatic nitrogens is 4. The number of nitrogen functional groups attached to an aromatic ring is 1. The van der Waals surface area contributed by atoms with Gasteiger partial charge in [-0.15, -0.1) is 0 Å². The third kappa shape index (κ3) is 2.90. The Morgan fingerprint density at radius 3 is 2.67 bits per heavy atom. The van der Waals surface area contributed by atoms with E-state index in [-0.39, 0.29) is 5.82 Å². The zero-order valence-corrected chi connectivity index (χ0v) is 13.6. The zero-order valence-electron chi connectivity index (χ0n) is 13.6. The molecule has 0 fully saturated rings. The number of hydrogen-bond donors (Lipinski definition) is 1. The van der Waals surface area contributed by atoms with Crippen LogP contribution in [0.15, 0.2) is 30.5 Å². The molecule has 0 aliphatic rings. The second kappa shape index (κ2) is 6.01. The van der Waals surface area contributed by atoms with Crippen LogP contribution in [0.2, 0.25) is 0 Å². The standard InChI is InChI=1S/C17H16N6O/c1-10-4-5-11(2)14(6-10)24-16-7-15(21-12(3)22-16)23-17(19)13(8-18)9-20-23/h4-7,9H,19H2,1-3H3. The fourth-order valence-electron chi connectivity index (χ4n) is 2.24. The Kier molecular flexibility index (Phi) is 3.88. The smallest absolute Gasteiger partial charge is 0.224 e. The van der Waals surface area contributed by atoms with Crippen molar-refractivity contribution in [1.29, 1.82) is 5.26 Å². The van der Waals surface area contributed by atoms with E-state index in [2.05, 4.69) is 15.1 Å². The van der Waals surface area contributed by atoms with E-state index in [1.807, 2.05) is 38.1 Å². The molecule has 0 aliphatic carbocycles.